The van der Waals surface area contributed by atoms with Gasteiger partial charge in [0, 0.05) is 19.1 Å². The topological polar surface area (TPSA) is 52.2 Å². The summed E-state index contributed by atoms with van der Waals surface area (Å²) in [6.45, 7) is 7.18. The summed E-state index contributed by atoms with van der Waals surface area (Å²) < 4.78 is 0.720. The molecule has 0 spiro atoms. The van der Waals surface area contributed by atoms with E-state index in [9.17, 15) is 4.79 Å². The summed E-state index contributed by atoms with van der Waals surface area (Å²) in [4.78, 5) is 25.1. The molecule has 3 heterocycles. The number of nitrogens with one attached hydrogen (secondary N) is 1. The van der Waals surface area contributed by atoms with E-state index in [-0.39, 0.29) is 5.56 Å². The lowest BCUT2D eigenvalue weighted by atomic mass is 10.0. The number of aromatic amines is 1. The van der Waals surface area contributed by atoms with E-state index in [0.29, 0.717) is 12.6 Å². The second kappa shape index (κ2) is 8.99. The molecule has 1 atom stereocenters. The van der Waals surface area contributed by atoms with E-state index in [1.807, 2.05) is 11.4 Å². The second-order valence-electron chi connectivity index (χ2n) is 7.63. The largest absolute Gasteiger partial charge is 0.308 e. The van der Waals surface area contributed by atoms with Crippen LogP contribution in [0.1, 0.15) is 37.6 Å². The molecule has 1 saturated heterocycles. The minimum absolute atomic E-state index is 0.0132. The molecule has 1 aliphatic rings. The Bertz CT molecular complexity index is 952. The van der Waals surface area contributed by atoms with E-state index in [0.717, 1.165) is 48.6 Å². The van der Waals surface area contributed by atoms with Crippen molar-refractivity contribution in [2.24, 2.45) is 0 Å². The van der Waals surface area contributed by atoms with Crippen LogP contribution in [0.4, 0.5) is 0 Å². The molecule has 0 bridgehead atoms. The summed E-state index contributed by atoms with van der Waals surface area (Å²) in [7, 11) is 0. The first kappa shape index (κ1) is 19.3. The van der Waals surface area contributed by atoms with Gasteiger partial charge in [-0.2, -0.15) is 0 Å². The number of nitrogens with zero attached hydrogens (tertiary/aromatic N) is 3. The SMILES string of the molecule is CCCN(Cc1nc2ccsc2c(=O)[nH]1)C1CCCN(Cc2ccccc2)C1. The summed E-state index contributed by atoms with van der Waals surface area (Å²) >= 11 is 1.45. The molecule has 2 aromatic heterocycles. The summed E-state index contributed by atoms with van der Waals surface area (Å²) in [5.74, 6) is 0.782. The van der Waals surface area contributed by atoms with E-state index in [1.165, 1.54) is 29.7 Å². The van der Waals surface area contributed by atoms with E-state index in [4.69, 9.17) is 4.98 Å². The van der Waals surface area contributed by atoms with Crippen molar-refractivity contribution < 1.29 is 0 Å². The Morgan fingerprint density at radius 3 is 2.96 bits per heavy atom. The van der Waals surface area contributed by atoms with Gasteiger partial charge in [0.1, 0.15) is 10.5 Å². The molecule has 4 rings (SSSR count). The Morgan fingerprint density at radius 2 is 2.14 bits per heavy atom. The van der Waals surface area contributed by atoms with E-state index >= 15 is 0 Å². The van der Waals surface area contributed by atoms with Gasteiger partial charge in [-0.15, -0.1) is 11.3 Å². The normalized spacial score (nSPS) is 18.1. The van der Waals surface area contributed by atoms with Crippen LogP contribution in [-0.4, -0.2) is 45.4 Å². The van der Waals surface area contributed by atoms with Crippen molar-refractivity contribution in [3.63, 3.8) is 0 Å². The lowest BCUT2D eigenvalue weighted by Crippen LogP contribution is -2.47. The number of hydrogen-bond acceptors (Lipinski definition) is 5. The number of benzene rings is 1. The number of H-pyrrole nitrogens is 1. The van der Waals surface area contributed by atoms with Gasteiger partial charge in [-0.25, -0.2) is 4.98 Å². The Kier molecular flexibility index (Phi) is 6.20. The fourth-order valence-corrected chi connectivity index (χ4v) is 4.91. The van der Waals surface area contributed by atoms with Crippen LogP contribution in [0, 0.1) is 0 Å². The molecule has 1 N–H and O–H groups in total. The highest BCUT2D eigenvalue weighted by atomic mass is 32.1. The van der Waals surface area contributed by atoms with Gasteiger partial charge in [0.25, 0.3) is 5.56 Å². The van der Waals surface area contributed by atoms with Crippen LogP contribution in [-0.2, 0) is 13.1 Å². The molecule has 5 nitrogen and oxygen atoms in total. The van der Waals surface area contributed by atoms with Gasteiger partial charge in [0.05, 0.1) is 12.1 Å². The highest BCUT2D eigenvalue weighted by molar-refractivity contribution is 7.17. The Hall–Kier alpha value is -2.02. The molecular weight excluding hydrogens is 368 g/mol. The summed E-state index contributed by atoms with van der Waals surface area (Å²) in [6, 6.07) is 13.2. The van der Waals surface area contributed by atoms with Crippen LogP contribution in [0.2, 0.25) is 0 Å². The number of fused-ring (bicyclic) bond motifs is 1. The highest BCUT2D eigenvalue weighted by Gasteiger charge is 2.25. The average Bonchev–Trinajstić information content (AvgIpc) is 3.18. The Balaban J connectivity index is 1.47. The van der Waals surface area contributed by atoms with Gasteiger partial charge < -0.3 is 4.98 Å². The zero-order valence-corrected chi connectivity index (χ0v) is 17.3. The van der Waals surface area contributed by atoms with Crippen molar-refractivity contribution in [3.8, 4) is 0 Å². The van der Waals surface area contributed by atoms with Gasteiger partial charge in [-0.1, -0.05) is 37.3 Å². The minimum atomic E-state index is -0.0132. The van der Waals surface area contributed by atoms with Crippen molar-refractivity contribution in [1.29, 1.82) is 0 Å². The molecule has 1 aromatic carbocycles. The second-order valence-corrected chi connectivity index (χ2v) is 8.55. The third-order valence-corrected chi connectivity index (χ3v) is 6.38. The predicted molar refractivity (Wildman–Crippen MR) is 116 cm³/mol. The third-order valence-electron chi connectivity index (χ3n) is 5.47. The van der Waals surface area contributed by atoms with Crippen LogP contribution < -0.4 is 5.56 Å². The maximum atomic E-state index is 12.3. The summed E-state index contributed by atoms with van der Waals surface area (Å²) in [5.41, 5.74) is 2.18. The Labute approximate surface area is 170 Å². The first-order valence-corrected chi connectivity index (χ1v) is 11.1. The Morgan fingerprint density at radius 1 is 1.29 bits per heavy atom. The zero-order valence-electron chi connectivity index (χ0n) is 16.4. The molecule has 0 amide bonds. The summed E-state index contributed by atoms with van der Waals surface area (Å²) in [5, 5.41) is 1.93. The summed E-state index contributed by atoms with van der Waals surface area (Å²) in [6.07, 6.45) is 3.52. The van der Waals surface area contributed by atoms with Crippen molar-refractivity contribution in [3.05, 3.63) is 63.5 Å². The number of likely N-dealkylation sites (tertiary alicyclic amines) is 1. The number of rotatable bonds is 7. The van der Waals surface area contributed by atoms with E-state index < -0.39 is 0 Å². The van der Waals surface area contributed by atoms with Crippen LogP contribution >= 0.6 is 11.3 Å². The van der Waals surface area contributed by atoms with Crippen molar-refractivity contribution in [2.75, 3.05) is 19.6 Å². The molecule has 0 saturated carbocycles. The molecule has 1 unspecified atom stereocenters. The van der Waals surface area contributed by atoms with Crippen LogP contribution in [0.5, 0.6) is 0 Å². The predicted octanol–water partition coefficient (Wildman–Crippen LogP) is 3.86. The van der Waals surface area contributed by atoms with Crippen LogP contribution in [0.25, 0.3) is 10.2 Å². The van der Waals surface area contributed by atoms with Gasteiger partial charge in [-0.3, -0.25) is 14.6 Å². The fourth-order valence-electron chi connectivity index (χ4n) is 4.18. The van der Waals surface area contributed by atoms with Crippen molar-refractivity contribution >= 4 is 21.6 Å². The van der Waals surface area contributed by atoms with Gasteiger partial charge in [0.15, 0.2) is 0 Å². The quantitative estimate of drug-likeness (QED) is 0.659. The average molecular weight is 397 g/mol. The lowest BCUT2D eigenvalue weighted by molar-refractivity contribution is 0.0858. The number of piperidine rings is 1. The maximum absolute atomic E-state index is 12.3. The fraction of sp³-hybridized carbons (Fsp3) is 0.455. The number of aromatic nitrogens is 2. The first-order valence-electron chi connectivity index (χ1n) is 10.2. The first-order chi connectivity index (χ1) is 13.7. The third kappa shape index (κ3) is 4.51. The standard InChI is InChI=1S/C22H28N4OS/c1-2-11-26(16-20-23-19-10-13-28-21(19)22(27)24-20)18-9-6-12-25(15-18)14-17-7-4-3-5-8-17/h3-5,7-8,10,13,18H,2,6,9,11-12,14-16H2,1H3,(H,23,24,27). The number of thiophene rings is 1. The van der Waals surface area contributed by atoms with E-state index in [2.05, 4.69) is 52.0 Å². The highest BCUT2D eigenvalue weighted by Crippen LogP contribution is 2.20. The zero-order chi connectivity index (χ0) is 19.3. The molecule has 148 valence electrons. The molecule has 1 fully saturated rings. The molecule has 0 aliphatic carbocycles. The van der Waals surface area contributed by atoms with Crippen LogP contribution in [0.15, 0.2) is 46.6 Å². The van der Waals surface area contributed by atoms with Gasteiger partial charge >= 0.3 is 0 Å². The van der Waals surface area contributed by atoms with Gasteiger partial charge in [-0.05, 0) is 49.4 Å². The maximum Gasteiger partial charge on any atom is 0.268 e. The molecule has 28 heavy (non-hydrogen) atoms. The minimum Gasteiger partial charge on any atom is -0.308 e. The van der Waals surface area contributed by atoms with E-state index in [1.54, 1.807) is 0 Å². The van der Waals surface area contributed by atoms with Gasteiger partial charge in [0.2, 0.25) is 0 Å². The molecule has 3 aromatic rings. The monoisotopic (exact) mass is 396 g/mol. The lowest BCUT2D eigenvalue weighted by Gasteiger charge is -2.39. The van der Waals surface area contributed by atoms with Crippen molar-refractivity contribution in [2.45, 2.75) is 45.3 Å². The van der Waals surface area contributed by atoms with Crippen molar-refractivity contribution in [1.82, 2.24) is 19.8 Å². The molecule has 0 radical (unpaired) electrons. The molecule has 1 aliphatic heterocycles. The number of hydrogen-bond donors (Lipinski definition) is 1. The van der Waals surface area contributed by atoms with Crippen LogP contribution in [0.3, 0.4) is 0 Å². The smallest absolute Gasteiger partial charge is 0.268 e. The molecule has 6 heteroatoms. The molecular formula is C22H28N4OS.